The van der Waals surface area contributed by atoms with Gasteiger partial charge in [0.05, 0.1) is 16.6 Å². The predicted octanol–water partition coefficient (Wildman–Crippen LogP) is 6.87. The Morgan fingerprint density at radius 2 is 1.40 bits per heavy atom. The number of nitrogens with zero attached hydrogens (tertiary/aromatic N) is 1. The second-order valence-corrected chi connectivity index (χ2v) is 7.53. The van der Waals surface area contributed by atoms with Crippen LogP contribution in [0.15, 0.2) is 97.1 Å². The molecule has 0 aliphatic heterocycles. The van der Waals surface area contributed by atoms with Crippen molar-refractivity contribution in [2.75, 3.05) is 5.32 Å². The number of para-hydroxylation sites is 2. The van der Waals surface area contributed by atoms with E-state index in [0.29, 0.717) is 28.2 Å². The summed E-state index contributed by atoms with van der Waals surface area (Å²) in [6.07, 6.45) is 0. The van der Waals surface area contributed by atoms with E-state index in [1.54, 1.807) is 48.5 Å². The van der Waals surface area contributed by atoms with E-state index < -0.39 is 5.97 Å². The van der Waals surface area contributed by atoms with Crippen molar-refractivity contribution in [2.45, 2.75) is 13.8 Å². The summed E-state index contributed by atoms with van der Waals surface area (Å²) in [5.74, 6) is -0.657. The van der Waals surface area contributed by atoms with Gasteiger partial charge >= 0.3 is 5.97 Å². The van der Waals surface area contributed by atoms with E-state index in [4.69, 9.17) is 0 Å². The minimum absolute atomic E-state index is 0.143. The molecule has 4 aromatic carbocycles. The van der Waals surface area contributed by atoms with E-state index in [1.165, 1.54) is 6.07 Å². The summed E-state index contributed by atoms with van der Waals surface area (Å²) in [5.41, 5.74) is 4.84. The SMILES string of the molecule is CC.O=C(O)c1ccccc1-c1ccccc1C(=O)Nc1cccc(-c2nc3ccccc3[nH]2)c1. The van der Waals surface area contributed by atoms with Crippen LogP contribution in [-0.2, 0) is 0 Å². The highest BCUT2D eigenvalue weighted by atomic mass is 16.4. The molecule has 0 unspecified atom stereocenters. The van der Waals surface area contributed by atoms with Crippen LogP contribution in [0.25, 0.3) is 33.5 Å². The van der Waals surface area contributed by atoms with Crippen molar-refractivity contribution < 1.29 is 14.7 Å². The highest BCUT2D eigenvalue weighted by molar-refractivity contribution is 6.10. The lowest BCUT2D eigenvalue weighted by Gasteiger charge is -2.13. The van der Waals surface area contributed by atoms with Gasteiger partial charge in [0.2, 0.25) is 0 Å². The number of aromatic nitrogens is 2. The maximum atomic E-state index is 13.2. The number of hydrogen-bond donors (Lipinski definition) is 3. The van der Waals surface area contributed by atoms with E-state index in [1.807, 2.05) is 56.3 Å². The highest BCUT2D eigenvalue weighted by Crippen LogP contribution is 2.29. The number of anilines is 1. The van der Waals surface area contributed by atoms with Gasteiger partial charge < -0.3 is 15.4 Å². The molecule has 0 atom stereocenters. The van der Waals surface area contributed by atoms with Crippen molar-refractivity contribution in [3.63, 3.8) is 0 Å². The minimum atomic E-state index is -1.04. The van der Waals surface area contributed by atoms with Gasteiger partial charge in [0.1, 0.15) is 5.82 Å². The zero-order chi connectivity index (χ0) is 24.8. The molecule has 0 fully saturated rings. The quantitative estimate of drug-likeness (QED) is 0.265. The number of carbonyl (C=O) groups is 2. The van der Waals surface area contributed by atoms with Gasteiger partial charge in [-0.2, -0.15) is 0 Å². The van der Waals surface area contributed by atoms with Crippen LogP contribution >= 0.6 is 0 Å². The smallest absolute Gasteiger partial charge is 0.336 e. The van der Waals surface area contributed by atoms with Gasteiger partial charge in [-0.3, -0.25) is 4.79 Å². The molecule has 35 heavy (non-hydrogen) atoms. The van der Waals surface area contributed by atoms with Crippen molar-refractivity contribution in [2.24, 2.45) is 0 Å². The molecule has 0 spiro atoms. The Kier molecular flexibility index (Phi) is 7.02. The highest BCUT2D eigenvalue weighted by Gasteiger charge is 2.18. The normalized spacial score (nSPS) is 10.3. The molecule has 5 aromatic rings. The van der Waals surface area contributed by atoms with Gasteiger partial charge in [-0.1, -0.05) is 74.5 Å². The van der Waals surface area contributed by atoms with Crippen molar-refractivity contribution >= 4 is 28.6 Å². The maximum absolute atomic E-state index is 13.2. The fourth-order valence-electron chi connectivity index (χ4n) is 3.85. The van der Waals surface area contributed by atoms with Gasteiger partial charge in [-0.05, 0) is 47.5 Å². The van der Waals surface area contributed by atoms with Crippen molar-refractivity contribution in [3.8, 4) is 22.5 Å². The summed E-state index contributed by atoms with van der Waals surface area (Å²) in [7, 11) is 0. The first-order valence-corrected chi connectivity index (χ1v) is 11.4. The number of imidazole rings is 1. The second kappa shape index (κ2) is 10.5. The van der Waals surface area contributed by atoms with Crippen LogP contribution in [0.1, 0.15) is 34.6 Å². The topological polar surface area (TPSA) is 95.1 Å². The second-order valence-electron chi connectivity index (χ2n) is 7.53. The molecule has 6 nitrogen and oxygen atoms in total. The number of hydrogen-bond acceptors (Lipinski definition) is 3. The van der Waals surface area contributed by atoms with Gasteiger partial charge in [0.15, 0.2) is 0 Å². The molecule has 3 N–H and O–H groups in total. The Labute approximate surface area is 203 Å². The van der Waals surface area contributed by atoms with E-state index >= 15 is 0 Å². The number of aromatic carboxylic acids is 1. The molecular formula is C29H25N3O3. The van der Waals surface area contributed by atoms with Crippen molar-refractivity contribution in [3.05, 3.63) is 108 Å². The molecule has 174 valence electrons. The minimum Gasteiger partial charge on any atom is -0.478 e. The average Bonchev–Trinajstić information content (AvgIpc) is 3.34. The zero-order valence-electron chi connectivity index (χ0n) is 19.4. The Bertz CT molecular complexity index is 1470. The monoisotopic (exact) mass is 463 g/mol. The number of carboxylic acids is 1. The average molecular weight is 464 g/mol. The molecule has 0 radical (unpaired) electrons. The molecule has 1 aromatic heterocycles. The van der Waals surface area contributed by atoms with Crippen LogP contribution in [0.2, 0.25) is 0 Å². The van der Waals surface area contributed by atoms with Crippen LogP contribution in [0.4, 0.5) is 5.69 Å². The molecule has 0 saturated carbocycles. The molecule has 1 heterocycles. The Morgan fingerprint density at radius 1 is 0.771 bits per heavy atom. The van der Waals surface area contributed by atoms with Crippen molar-refractivity contribution in [1.82, 2.24) is 9.97 Å². The number of nitrogens with one attached hydrogen (secondary N) is 2. The lowest BCUT2D eigenvalue weighted by atomic mass is 9.95. The summed E-state index contributed by atoms with van der Waals surface area (Å²) in [5, 5.41) is 12.5. The number of amides is 1. The molecule has 0 aliphatic rings. The van der Waals surface area contributed by atoms with Crippen LogP contribution in [0.3, 0.4) is 0 Å². The molecule has 0 saturated heterocycles. The molecule has 1 amide bonds. The van der Waals surface area contributed by atoms with Gasteiger partial charge in [-0.15, -0.1) is 0 Å². The van der Waals surface area contributed by atoms with E-state index in [9.17, 15) is 14.7 Å². The maximum Gasteiger partial charge on any atom is 0.336 e. The van der Waals surface area contributed by atoms with E-state index in [2.05, 4.69) is 15.3 Å². The summed E-state index contributed by atoms with van der Waals surface area (Å²) < 4.78 is 0. The van der Waals surface area contributed by atoms with Gasteiger partial charge in [0.25, 0.3) is 5.91 Å². The van der Waals surface area contributed by atoms with Crippen LogP contribution in [0, 0.1) is 0 Å². The Hall–Kier alpha value is -4.71. The van der Waals surface area contributed by atoms with Crippen LogP contribution in [0.5, 0.6) is 0 Å². The van der Waals surface area contributed by atoms with Crippen LogP contribution in [-0.4, -0.2) is 27.0 Å². The number of carboxylic acid groups (broad SMARTS) is 1. The third-order valence-electron chi connectivity index (χ3n) is 5.40. The molecular weight excluding hydrogens is 438 g/mol. The zero-order valence-corrected chi connectivity index (χ0v) is 19.4. The van der Waals surface area contributed by atoms with Gasteiger partial charge in [-0.25, -0.2) is 9.78 Å². The summed E-state index contributed by atoms with van der Waals surface area (Å²) in [6.45, 7) is 4.00. The molecule has 5 rings (SSSR count). The summed E-state index contributed by atoms with van der Waals surface area (Å²) in [6, 6.07) is 28.8. The molecule has 0 bridgehead atoms. The third kappa shape index (κ3) is 4.96. The van der Waals surface area contributed by atoms with E-state index in [-0.39, 0.29) is 11.5 Å². The molecule has 0 aliphatic carbocycles. The van der Waals surface area contributed by atoms with Crippen LogP contribution < -0.4 is 5.32 Å². The fourth-order valence-corrected chi connectivity index (χ4v) is 3.85. The lowest BCUT2D eigenvalue weighted by molar-refractivity contribution is 0.0697. The standard InChI is InChI=1S/C27H19N3O3.C2H6/c31-26(21-12-3-1-10-19(21)20-11-2-4-13-22(20)27(32)33)28-18-9-7-8-17(16-18)25-29-23-14-5-6-15-24(23)30-25;1-2/h1-16H,(H,28,31)(H,29,30)(H,32,33);1-2H3. The number of H-pyrrole nitrogens is 1. The largest absolute Gasteiger partial charge is 0.478 e. The number of benzene rings is 4. The van der Waals surface area contributed by atoms with E-state index in [0.717, 1.165) is 16.6 Å². The van der Waals surface area contributed by atoms with Crippen molar-refractivity contribution in [1.29, 1.82) is 0 Å². The first kappa shape index (κ1) is 23.4. The summed E-state index contributed by atoms with van der Waals surface area (Å²) >= 11 is 0. The predicted molar refractivity (Wildman–Crippen MR) is 140 cm³/mol. The third-order valence-corrected chi connectivity index (χ3v) is 5.40. The fraction of sp³-hybridized carbons (Fsp3) is 0.0690. The van der Waals surface area contributed by atoms with Gasteiger partial charge in [0, 0.05) is 16.8 Å². The number of carbonyl (C=O) groups excluding carboxylic acids is 1. The Morgan fingerprint density at radius 3 is 2.11 bits per heavy atom. The lowest BCUT2D eigenvalue weighted by Crippen LogP contribution is -2.13. The number of rotatable bonds is 5. The first-order chi connectivity index (χ1) is 17.1. The summed E-state index contributed by atoms with van der Waals surface area (Å²) in [4.78, 5) is 32.8. The Balaban J connectivity index is 0.00000141. The number of aromatic amines is 1. The molecule has 6 heteroatoms. The number of fused-ring (bicyclic) bond motifs is 1. The first-order valence-electron chi connectivity index (χ1n) is 11.4.